The number of carbonyl (C=O) groups is 1. The van der Waals surface area contributed by atoms with Crippen molar-refractivity contribution in [1.29, 1.82) is 0 Å². The predicted octanol–water partition coefficient (Wildman–Crippen LogP) is 3.90. The number of aromatic nitrogens is 1. The zero-order valence-corrected chi connectivity index (χ0v) is 12.6. The van der Waals surface area contributed by atoms with Crippen molar-refractivity contribution in [2.45, 2.75) is 13.3 Å². The summed E-state index contributed by atoms with van der Waals surface area (Å²) in [6.45, 7) is 2.59. The first-order chi connectivity index (χ1) is 9.13. The van der Waals surface area contributed by atoms with E-state index in [-0.39, 0.29) is 11.6 Å². The van der Waals surface area contributed by atoms with Gasteiger partial charge in [0.15, 0.2) is 11.5 Å². The van der Waals surface area contributed by atoms with E-state index < -0.39 is 0 Å². The van der Waals surface area contributed by atoms with E-state index in [1.807, 2.05) is 6.92 Å². The highest BCUT2D eigenvalue weighted by Gasteiger charge is 2.20. The van der Waals surface area contributed by atoms with E-state index >= 15 is 0 Å². The first-order valence-electron chi connectivity index (χ1n) is 5.82. The van der Waals surface area contributed by atoms with E-state index in [0.717, 1.165) is 12.0 Å². The summed E-state index contributed by atoms with van der Waals surface area (Å²) in [4.78, 5) is 11.8. The van der Waals surface area contributed by atoms with Crippen LogP contribution in [0.2, 0.25) is 5.02 Å². The van der Waals surface area contributed by atoms with Gasteiger partial charge in [0, 0.05) is 17.1 Å². The second-order valence-corrected chi connectivity index (χ2v) is 5.17. The van der Waals surface area contributed by atoms with Crippen molar-refractivity contribution in [3.05, 3.63) is 39.5 Å². The van der Waals surface area contributed by atoms with E-state index in [4.69, 9.17) is 16.1 Å². The molecule has 2 aromatic rings. The second kappa shape index (κ2) is 6.21. The molecular weight excluding hydrogens is 332 g/mol. The highest BCUT2D eigenvalue weighted by atomic mass is 79.9. The Bertz CT molecular complexity index is 581. The van der Waals surface area contributed by atoms with Gasteiger partial charge in [-0.2, -0.15) is 0 Å². The first-order valence-corrected chi connectivity index (χ1v) is 7.00. The highest BCUT2D eigenvalue weighted by Crippen LogP contribution is 2.31. The van der Waals surface area contributed by atoms with Crippen LogP contribution in [0.3, 0.4) is 0 Å². The molecule has 6 heteroatoms. The van der Waals surface area contributed by atoms with Crippen LogP contribution in [0.5, 0.6) is 0 Å². The number of nitrogens with zero attached hydrogens (tertiary/aromatic N) is 1. The molecule has 0 radical (unpaired) electrons. The Morgan fingerprint density at radius 2 is 2.11 bits per heavy atom. The van der Waals surface area contributed by atoms with Crippen molar-refractivity contribution in [2.24, 2.45) is 0 Å². The van der Waals surface area contributed by atoms with Gasteiger partial charge in [-0.1, -0.05) is 23.7 Å². The molecule has 0 spiro atoms. The largest absolute Gasteiger partial charge is 0.354 e. The summed E-state index contributed by atoms with van der Waals surface area (Å²) in [6, 6.07) is 7.12. The molecule has 4 nitrogen and oxygen atoms in total. The zero-order chi connectivity index (χ0) is 13.8. The second-order valence-electron chi connectivity index (χ2n) is 3.94. The minimum absolute atomic E-state index is 0.249. The van der Waals surface area contributed by atoms with Gasteiger partial charge in [0.05, 0.1) is 4.47 Å². The van der Waals surface area contributed by atoms with Gasteiger partial charge in [0.2, 0.25) is 0 Å². The summed E-state index contributed by atoms with van der Waals surface area (Å²) in [5.41, 5.74) is 1.05. The number of halogens is 2. The minimum Gasteiger partial charge on any atom is -0.354 e. The van der Waals surface area contributed by atoms with Crippen LogP contribution in [0.15, 0.2) is 33.3 Å². The van der Waals surface area contributed by atoms with Gasteiger partial charge in [-0.05, 0) is 46.6 Å². The topological polar surface area (TPSA) is 55.1 Å². The van der Waals surface area contributed by atoms with Crippen LogP contribution in [-0.4, -0.2) is 17.6 Å². The van der Waals surface area contributed by atoms with Crippen LogP contribution in [0, 0.1) is 0 Å². The molecule has 0 aliphatic heterocycles. The molecular formula is C13H12BrClN2O2. The molecule has 0 saturated carbocycles. The lowest BCUT2D eigenvalue weighted by Gasteiger charge is -2.00. The van der Waals surface area contributed by atoms with Crippen LogP contribution < -0.4 is 5.32 Å². The molecule has 1 aromatic heterocycles. The highest BCUT2D eigenvalue weighted by molar-refractivity contribution is 9.10. The summed E-state index contributed by atoms with van der Waals surface area (Å²) in [5, 5.41) is 7.19. The molecule has 0 aliphatic carbocycles. The van der Waals surface area contributed by atoms with Crippen LogP contribution >= 0.6 is 27.5 Å². The molecule has 1 amide bonds. The first kappa shape index (κ1) is 14.1. The number of rotatable bonds is 4. The lowest BCUT2D eigenvalue weighted by atomic mass is 10.1. The molecule has 0 saturated heterocycles. The maximum Gasteiger partial charge on any atom is 0.274 e. The minimum atomic E-state index is -0.252. The Hall–Kier alpha value is -1.33. The summed E-state index contributed by atoms with van der Waals surface area (Å²) in [7, 11) is 0. The van der Waals surface area contributed by atoms with Crippen molar-refractivity contribution in [3.63, 3.8) is 0 Å². The van der Waals surface area contributed by atoms with Crippen molar-refractivity contribution in [1.82, 2.24) is 10.5 Å². The van der Waals surface area contributed by atoms with E-state index in [1.165, 1.54) is 0 Å². The predicted molar refractivity (Wildman–Crippen MR) is 77.3 cm³/mol. The van der Waals surface area contributed by atoms with Crippen LogP contribution in [0.4, 0.5) is 0 Å². The Balaban J connectivity index is 2.27. The number of carbonyl (C=O) groups excluding carboxylic acids is 1. The van der Waals surface area contributed by atoms with Gasteiger partial charge in [-0.25, -0.2) is 0 Å². The lowest BCUT2D eigenvalue weighted by Crippen LogP contribution is -2.24. The molecule has 0 unspecified atom stereocenters. The molecule has 0 aliphatic rings. The maximum atomic E-state index is 11.8. The summed E-state index contributed by atoms with van der Waals surface area (Å²) in [5.74, 6) is 0.260. The van der Waals surface area contributed by atoms with E-state index in [1.54, 1.807) is 24.3 Å². The summed E-state index contributed by atoms with van der Waals surface area (Å²) < 4.78 is 5.77. The molecule has 0 fully saturated rings. The van der Waals surface area contributed by atoms with Gasteiger partial charge in [0.25, 0.3) is 5.91 Å². The number of hydrogen-bond donors (Lipinski definition) is 1. The van der Waals surface area contributed by atoms with Crippen molar-refractivity contribution >= 4 is 33.4 Å². The van der Waals surface area contributed by atoms with Crippen molar-refractivity contribution in [3.8, 4) is 11.3 Å². The van der Waals surface area contributed by atoms with E-state index in [0.29, 0.717) is 21.8 Å². The van der Waals surface area contributed by atoms with Crippen LogP contribution in [0.25, 0.3) is 11.3 Å². The number of amides is 1. The third-order valence-corrected chi connectivity index (χ3v) is 3.48. The summed E-state index contributed by atoms with van der Waals surface area (Å²) in [6.07, 6.45) is 0.866. The quantitative estimate of drug-likeness (QED) is 0.916. The third kappa shape index (κ3) is 3.16. The van der Waals surface area contributed by atoms with Gasteiger partial charge >= 0.3 is 0 Å². The van der Waals surface area contributed by atoms with Crippen molar-refractivity contribution in [2.75, 3.05) is 6.54 Å². The maximum absolute atomic E-state index is 11.8. The normalized spacial score (nSPS) is 10.5. The Labute approximate surface area is 124 Å². The SMILES string of the molecule is CCCNC(=O)c1noc(-c2ccc(Cl)cc2)c1Br. The number of benzene rings is 1. The average Bonchev–Trinajstić information content (AvgIpc) is 2.79. The number of hydrogen-bond acceptors (Lipinski definition) is 3. The summed E-state index contributed by atoms with van der Waals surface area (Å²) >= 11 is 9.18. The van der Waals surface area contributed by atoms with E-state index in [2.05, 4.69) is 26.4 Å². The Morgan fingerprint density at radius 3 is 2.74 bits per heavy atom. The molecule has 1 N–H and O–H groups in total. The number of nitrogens with one attached hydrogen (secondary N) is 1. The fraction of sp³-hybridized carbons (Fsp3) is 0.231. The molecule has 1 aromatic carbocycles. The molecule has 19 heavy (non-hydrogen) atoms. The van der Waals surface area contributed by atoms with Crippen LogP contribution in [0.1, 0.15) is 23.8 Å². The molecule has 2 rings (SSSR count). The van der Waals surface area contributed by atoms with Crippen LogP contribution in [-0.2, 0) is 0 Å². The standard InChI is InChI=1S/C13H12BrClN2O2/c1-2-7-16-13(18)11-10(14)12(19-17-11)8-3-5-9(15)6-4-8/h3-6H,2,7H2,1H3,(H,16,18). The molecule has 100 valence electrons. The average molecular weight is 344 g/mol. The van der Waals surface area contributed by atoms with Gasteiger partial charge in [-0.3, -0.25) is 4.79 Å². The monoisotopic (exact) mass is 342 g/mol. The Kier molecular flexibility index (Phi) is 4.61. The fourth-order valence-electron chi connectivity index (χ4n) is 1.52. The van der Waals surface area contributed by atoms with Crippen molar-refractivity contribution < 1.29 is 9.32 Å². The third-order valence-electron chi connectivity index (χ3n) is 2.49. The van der Waals surface area contributed by atoms with E-state index in [9.17, 15) is 4.79 Å². The fourth-order valence-corrected chi connectivity index (χ4v) is 2.20. The smallest absolute Gasteiger partial charge is 0.274 e. The lowest BCUT2D eigenvalue weighted by molar-refractivity contribution is 0.0944. The molecule has 0 bridgehead atoms. The van der Waals surface area contributed by atoms with Gasteiger partial charge < -0.3 is 9.84 Å². The van der Waals surface area contributed by atoms with Gasteiger partial charge in [-0.15, -0.1) is 0 Å². The molecule has 1 heterocycles. The zero-order valence-electron chi connectivity index (χ0n) is 10.2. The Morgan fingerprint density at radius 1 is 1.42 bits per heavy atom. The molecule has 0 atom stereocenters. The van der Waals surface area contributed by atoms with Gasteiger partial charge in [0.1, 0.15) is 0 Å².